The van der Waals surface area contributed by atoms with E-state index < -0.39 is 0 Å². The average molecular weight is 215 g/mol. The molecule has 0 amide bonds. The van der Waals surface area contributed by atoms with Crippen molar-refractivity contribution < 1.29 is 0 Å². The summed E-state index contributed by atoms with van der Waals surface area (Å²) in [6.45, 7) is 4.67. The molecule has 1 fully saturated rings. The van der Waals surface area contributed by atoms with Crippen LogP contribution >= 0.6 is 11.8 Å². The third-order valence-electron chi connectivity index (χ3n) is 3.44. The predicted molar refractivity (Wildman–Crippen MR) is 67.0 cm³/mol. The highest BCUT2D eigenvalue weighted by molar-refractivity contribution is 7.98. The molecule has 2 heteroatoms. The van der Waals surface area contributed by atoms with Crippen LogP contribution in [0.2, 0.25) is 0 Å². The molecule has 3 unspecified atom stereocenters. The van der Waals surface area contributed by atoms with Gasteiger partial charge in [-0.05, 0) is 44.1 Å². The Morgan fingerprint density at radius 2 is 2.21 bits per heavy atom. The predicted octanol–water partition coefficient (Wildman–Crippen LogP) is 3.30. The first kappa shape index (κ1) is 12.4. The Hall–Kier alpha value is 0.310. The second-order valence-corrected chi connectivity index (χ2v) is 5.54. The van der Waals surface area contributed by atoms with E-state index in [0.29, 0.717) is 6.04 Å². The maximum Gasteiger partial charge on any atom is 0.00977 e. The van der Waals surface area contributed by atoms with Crippen LogP contribution in [0, 0.1) is 5.92 Å². The van der Waals surface area contributed by atoms with Crippen molar-refractivity contribution >= 4 is 11.8 Å². The van der Waals surface area contributed by atoms with Crippen LogP contribution in [-0.2, 0) is 0 Å². The molecule has 0 saturated heterocycles. The third kappa shape index (κ3) is 3.82. The SMILES string of the molecule is CCC1CCCC1NC(C)CCSC. The van der Waals surface area contributed by atoms with Crippen molar-refractivity contribution in [1.82, 2.24) is 5.32 Å². The zero-order valence-electron chi connectivity index (χ0n) is 9.88. The number of rotatable bonds is 6. The van der Waals surface area contributed by atoms with Crippen molar-refractivity contribution in [3.8, 4) is 0 Å². The highest BCUT2D eigenvalue weighted by Crippen LogP contribution is 2.28. The highest BCUT2D eigenvalue weighted by atomic mass is 32.2. The van der Waals surface area contributed by atoms with E-state index in [1.807, 2.05) is 11.8 Å². The topological polar surface area (TPSA) is 12.0 Å². The van der Waals surface area contributed by atoms with Crippen molar-refractivity contribution in [2.75, 3.05) is 12.0 Å². The Labute approximate surface area is 93.4 Å². The second kappa shape index (κ2) is 6.73. The van der Waals surface area contributed by atoms with Crippen molar-refractivity contribution in [2.45, 2.75) is 58.0 Å². The van der Waals surface area contributed by atoms with Gasteiger partial charge in [0.05, 0.1) is 0 Å². The van der Waals surface area contributed by atoms with Gasteiger partial charge in [-0.2, -0.15) is 11.8 Å². The van der Waals surface area contributed by atoms with Crippen LogP contribution in [0.3, 0.4) is 0 Å². The average Bonchev–Trinajstić information content (AvgIpc) is 2.62. The molecule has 0 bridgehead atoms. The van der Waals surface area contributed by atoms with Crippen LogP contribution in [0.15, 0.2) is 0 Å². The van der Waals surface area contributed by atoms with Gasteiger partial charge in [0.15, 0.2) is 0 Å². The summed E-state index contributed by atoms with van der Waals surface area (Å²) >= 11 is 1.95. The molecular formula is C12H25NS. The molecule has 0 aliphatic heterocycles. The minimum absolute atomic E-state index is 0.708. The lowest BCUT2D eigenvalue weighted by Crippen LogP contribution is -2.38. The van der Waals surface area contributed by atoms with Gasteiger partial charge in [0.1, 0.15) is 0 Å². The maximum atomic E-state index is 3.80. The number of nitrogens with one attached hydrogen (secondary N) is 1. The van der Waals surface area contributed by atoms with Crippen LogP contribution in [0.5, 0.6) is 0 Å². The molecule has 0 radical (unpaired) electrons. The van der Waals surface area contributed by atoms with E-state index in [1.54, 1.807) is 0 Å². The lowest BCUT2D eigenvalue weighted by Gasteiger charge is -2.24. The first-order valence-corrected chi connectivity index (χ1v) is 7.42. The quantitative estimate of drug-likeness (QED) is 0.729. The summed E-state index contributed by atoms with van der Waals surface area (Å²) in [6, 6.07) is 1.52. The molecule has 1 aliphatic carbocycles. The number of hydrogen-bond acceptors (Lipinski definition) is 2. The molecule has 0 aromatic heterocycles. The lowest BCUT2D eigenvalue weighted by atomic mass is 10.00. The van der Waals surface area contributed by atoms with Crippen molar-refractivity contribution in [3.63, 3.8) is 0 Å². The fraction of sp³-hybridized carbons (Fsp3) is 1.00. The molecule has 14 heavy (non-hydrogen) atoms. The molecule has 3 atom stereocenters. The molecule has 0 aromatic carbocycles. The Morgan fingerprint density at radius 3 is 2.86 bits per heavy atom. The van der Waals surface area contributed by atoms with Gasteiger partial charge < -0.3 is 5.32 Å². The van der Waals surface area contributed by atoms with Crippen molar-refractivity contribution in [3.05, 3.63) is 0 Å². The van der Waals surface area contributed by atoms with Gasteiger partial charge in [-0.15, -0.1) is 0 Å². The van der Waals surface area contributed by atoms with Crippen LogP contribution in [-0.4, -0.2) is 24.1 Å². The van der Waals surface area contributed by atoms with Gasteiger partial charge in [0.25, 0.3) is 0 Å². The normalized spacial score (nSPS) is 29.4. The first-order valence-electron chi connectivity index (χ1n) is 6.03. The second-order valence-electron chi connectivity index (χ2n) is 4.55. The molecule has 1 N–H and O–H groups in total. The molecule has 0 aromatic rings. The van der Waals surface area contributed by atoms with E-state index in [9.17, 15) is 0 Å². The van der Waals surface area contributed by atoms with Crippen LogP contribution in [0.4, 0.5) is 0 Å². The maximum absolute atomic E-state index is 3.80. The third-order valence-corrected chi connectivity index (χ3v) is 4.08. The summed E-state index contributed by atoms with van der Waals surface area (Å²) in [4.78, 5) is 0. The number of thioether (sulfide) groups is 1. The molecule has 1 nitrogen and oxygen atoms in total. The Balaban J connectivity index is 2.21. The van der Waals surface area contributed by atoms with Crippen molar-refractivity contribution in [2.24, 2.45) is 5.92 Å². The van der Waals surface area contributed by atoms with E-state index in [0.717, 1.165) is 12.0 Å². The minimum Gasteiger partial charge on any atom is -0.311 e. The van der Waals surface area contributed by atoms with Gasteiger partial charge in [0, 0.05) is 12.1 Å². The highest BCUT2D eigenvalue weighted by Gasteiger charge is 2.26. The molecular weight excluding hydrogens is 190 g/mol. The zero-order chi connectivity index (χ0) is 10.4. The summed E-state index contributed by atoms with van der Waals surface area (Å²) in [6.07, 6.45) is 9.15. The Kier molecular flexibility index (Phi) is 5.95. The fourth-order valence-electron chi connectivity index (χ4n) is 2.49. The van der Waals surface area contributed by atoms with Gasteiger partial charge in [-0.3, -0.25) is 0 Å². The number of hydrogen-bond donors (Lipinski definition) is 1. The molecule has 1 aliphatic rings. The van der Waals surface area contributed by atoms with Gasteiger partial charge in [-0.1, -0.05) is 19.8 Å². The molecule has 1 rings (SSSR count). The lowest BCUT2D eigenvalue weighted by molar-refractivity contribution is 0.353. The first-order chi connectivity index (χ1) is 6.77. The zero-order valence-corrected chi connectivity index (χ0v) is 10.7. The summed E-state index contributed by atoms with van der Waals surface area (Å²) in [7, 11) is 0. The van der Waals surface area contributed by atoms with Gasteiger partial charge in [0.2, 0.25) is 0 Å². The Bertz CT molecular complexity index is 149. The van der Waals surface area contributed by atoms with Gasteiger partial charge in [-0.25, -0.2) is 0 Å². The molecule has 0 spiro atoms. The monoisotopic (exact) mass is 215 g/mol. The van der Waals surface area contributed by atoms with E-state index in [4.69, 9.17) is 0 Å². The van der Waals surface area contributed by atoms with E-state index in [1.165, 1.54) is 37.9 Å². The van der Waals surface area contributed by atoms with E-state index in [2.05, 4.69) is 25.4 Å². The van der Waals surface area contributed by atoms with Crippen molar-refractivity contribution in [1.29, 1.82) is 0 Å². The Morgan fingerprint density at radius 1 is 1.43 bits per heavy atom. The summed E-state index contributed by atoms with van der Waals surface area (Å²) in [5.74, 6) is 2.24. The fourth-order valence-corrected chi connectivity index (χ4v) is 3.08. The molecule has 84 valence electrons. The smallest absolute Gasteiger partial charge is 0.00977 e. The van der Waals surface area contributed by atoms with Gasteiger partial charge >= 0.3 is 0 Å². The van der Waals surface area contributed by atoms with E-state index in [-0.39, 0.29) is 0 Å². The van der Waals surface area contributed by atoms with E-state index >= 15 is 0 Å². The van der Waals surface area contributed by atoms with Crippen LogP contribution in [0.25, 0.3) is 0 Å². The standard InChI is InChI=1S/C12H25NS/c1-4-11-6-5-7-12(11)13-10(2)8-9-14-3/h10-13H,4-9H2,1-3H3. The summed E-state index contributed by atoms with van der Waals surface area (Å²) in [5, 5.41) is 3.80. The molecule has 0 heterocycles. The largest absolute Gasteiger partial charge is 0.311 e. The van der Waals surface area contributed by atoms with Crippen LogP contribution < -0.4 is 5.32 Å². The summed E-state index contributed by atoms with van der Waals surface area (Å²) < 4.78 is 0. The minimum atomic E-state index is 0.708. The summed E-state index contributed by atoms with van der Waals surface area (Å²) in [5.41, 5.74) is 0. The molecule has 1 saturated carbocycles. The van der Waals surface area contributed by atoms with Crippen LogP contribution in [0.1, 0.15) is 46.0 Å².